The number of alkyl halides is 3. The molecule has 9 nitrogen and oxygen atoms in total. The molecule has 1 aromatic rings. The van der Waals surface area contributed by atoms with Gasteiger partial charge < -0.3 is 9.47 Å². The number of carbonyl (C=O) groups excluding carboxylic acids is 1. The van der Waals surface area contributed by atoms with Crippen LogP contribution in [0, 0.1) is 0 Å². The van der Waals surface area contributed by atoms with Crippen molar-refractivity contribution in [2.75, 3.05) is 32.9 Å². The van der Waals surface area contributed by atoms with E-state index in [1.54, 1.807) is 12.1 Å². The number of carbonyl (C=O) groups is 1. The Balaban J connectivity index is 1.61. The maximum Gasteiger partial charge on any atom is 0.392 e. The molecule has 1 aromatic heterocycles. The number of halogens is 3. The molecule has 0 saturated carbocycles. The van der Waals surface area contributed by atoms with Crippen LogP contribution < -0.4 is 10.2 Å². The van der Waals surface area contributed by atoms with E-state index in [0.29, 0.717) is 18.5 Å². The third-order valence-electron chi connectivity index (χ3n) is 5.94. The van der Waals surface area contributed by atoms with Crippen LogP contribution in [0.2, 0.25) is 0 Å². The third kappa shape index (κ3) is 5.33. The van der Waals surface area contributed by atoms with Gasteiger partial charge in [-0.2, -0.15) is 13.2 Å². The Morgan fingerprint density at radius 1 is 1.28 bits per heavy atom. The molecule has 0 unspecified atom stereocenters. The molecule has 0 spiro atoms. The van der Waals surface area contributed by atoms with Gasteiger partial charge in [-0.3, -0.25) is 15.0 Å². The van der Waals surface area contributed by atoms with Gasteiger partial charge in [0.1, 0.15) is 5.75 Å². The summed E-state index contributed by atoms with van der Waals surface area (Å²) in [6.07, 6.45) is -3.14. The van der Waals surface area contributed by atoms with Crippen LogP contribution in [-0.4, -0.2) is 72.7 Å². The summed E-state index contributed by atoms with van der Waals surface area (Å²) in [5, 5.41) is 9.12. The topological polar surface area (TPSA) is 118 Å². The van der Waals surface area contributed by atoms with Gasteiger partial charge in [0.2, 0.25) is 10.0 Å². The van der Waals surface area contributed by atoms with Crippen molar-refractivity contribution in [3.05, 3.63) is 24.0 Å². The molecule has 2 aliphatic heterocycles. The Bertz CT molecular complexity index is 881. The molecule has 2 fully saturated rings. The summed E-state index contributed by atoms with van der Waals surface area (Å²) >= 11 is 0. The maximum absolute atomic E-state index is 13.3. The number of ether oxygens (including phenoxy) is 2. The van der Waals surface area contributed by atoms with E-state index in [1.165, 1.54) is 16.0 Å². The first-order valence-corrected chi connectivity index (χ1v) is 11.7. The summed E-state index contributed by atoms with van der Waals surface area (Å²) in [7, 11) is -4.04. The zero-order chi connectivity index (χ0) is 23.4. The van der Waals surface area contributed by atoms with Gasteiger partial charge in [0.05, 0.1) is 19.2 Å². The van der Waals surface area contributed by atoms with Crippen molar-refractivity contribution in [3.63, 3.8) is 0 Å². The molecule has 0 aliphatic carbocycles. The van der Waals surface area contributed by atoms with Crippen LogP contribution in [0.3, 0.4) is 0 Å². The van der Waals surface area contributed by atoms with Crippen molar-refractivity contribution in [2.45, 2.75) is 48.9 Å². The highest BCUT2D eigenvalue weighted by Gasteiger charge is 2.54. The molecule has 0 radical (unpaired) electrons. The van der Waals surface area contributed by atoms with E-state index in [1.807, 2.05) is 0 Å². The molecule has 2 aliphatic rings. The number of amides is 1. The first-order valence-electron chi connectivity index (χ1n) is 10.3. The second-order valence-electron chi connectivity index (χ2n) is 7.86. The van der Waals surface area contributed by atoms with Crippen molar-refractivity contribution in [1.82, 2.24) is 14.8 Å². The molecule has 3 rings (SSSR count). The van der Waals surface area contributed by atoms with Crippen molar-refractivity contribution in [2.24, 2.45) is 0 Å². The Morgan fingerprint density at radius 2 is 1.94 bits per heavy atom. The lowest BCUT2D eigenvalue weighted by Crippen LogP contribution is -2.60. The second-order valence-corrected chi connectivity index (χ2v) is 10.1. The summed E-state index contributed by atoms with van der Waals surface area (Å²) in [6.45, 7) is 0.0729. The van der Waals surface area contributed by atoms with Gasteiger partial charge in [-0.25, -0.2) is 18.2 Å². The van der Waals surface area contributed by atoms with Crippen molar-refractivity contribution in [3.8, 4) is 5.75 Å². The lowest BCUT2D eigenvalue weighted by atomic mass is 9.94. The van der Waals surface area contributed by atoms with Gasteiger partial charge in [-0.05, 0) is 25.0 Å². The summed E-state index contributed by atoms with van der Waals surface area (Å²) in [4.78, 5) is 16.6. The van der Waals surface area contributed by atoms with Crippen molar-refractivity contribution in [1.29, 1.82) is 0 Å². The predicted molar refractivity (Wildman–Crippen MR) is 106 cm³/mol. The molecular formula is C19H26F3N3O6S. The largest absolute Gasteiger partial charge is 0.492 e. The standard InChI is InChI=1S/C19H26F3N3O6S/c20-19(21,22)7-12-31-15-1-2-16(23-13-15)14-3-8-25(9-4-14)32(28,29)18(17(26)24-27)5-10-30-11-6-18/h1-2,13-14,27H,3-12H2,(H,24,26). The molecule has 13 heteroatoms. The highest BCUT2D eigenvalue weighted by atomic mass is 32.2. The summed E-state index contributed by atoms with van der Waals surface area (Å²) in [5.74, 6) is -0.761. The van der Waals surface area contributed by atoms with E-state index < -0.39 is 39.9 Å². The number of hydrogen-bond donors (Lipinski definition) is 2. The van der Waals surface area contributed by atoms with Gasteiger partial charge in [0.15, 0.2) is 4.75 Å². The number of nitrogens with one attached hydrogen (secondary N) is 1. The van der Waals surface area contributed by atoms with Crippen LogP contribution in [0.5, 0.6) is 5.75 Å². The molecule has 0 aromatic carbocycles. The second kappa shape index (κ2) is 9.89. The number of sulfonamides is 1. The van der Waals surface area contributed by atoms with E-state index >= 15 is 0 Å². The zero-order valence-corrected chi connectivity index (χ0v) is 18.1. The number of pyridine rings is 1. The molecule has 1 amide bonds. The minimum atomic E-state index is -4.29. The number of hydrogen-bond acceptors (Lipinski definition) is 7. The number of rotatable bonds is 7. The quantitative estimate of drug-likeness (QED) is 0.452. The van der Waals surface area contributed by atoms with Gasteiger partial charge in [-0.15, -0.1) is 0 Å². The van der Waals surface area contributed by atoms with Crippen LogP contribution in [0.4, 0.5) is 13.2 Å². The summed E-state index contributed by atoms with van der Waals surface area (Å²) < 4.78 is 73.0. The summed E-state index contributed by atoms with van der Waals surface area (Å²) in [5.41, 5.74) is 2.19. The third-order valence-corrected chi connectivity index (χ3v) is 8.56. The Labute approximate surface area is 183 Å². The van der Waals surface area contributed by atoms with E-state index in [-0.39, 0.29) is 50.8 Å². The monoisotopic (exact) mass is 481 g/mol. The minimum absolute atomic E-state index is 0.0389. The molecule has 0 bridgehead atoms. The fourth-order valence-corrected chi connectivity index (χ4v) is 6.20. The number of hydroxylamine groups is 1. The smallest absolute Gasteiger partial charge is 0.392 e. The van der Waals surface area contributed by atoms with Crippen LogP contribution in [0.25, 0.3) is 0 Å². The van der Waals surface area contributed by atoms with Crippen LogP contribution in [0.1, 0.15) is 43.7 Å². The van der Waals surface area contributed by atoms with E-state index in [0.717, 1.165) is 0 Å². The van der Waals surface area contributed by atoms with Gasteiger partial charge in [0, 0.05) is 50.8 Å². The average molecular weight is 481 g/mol. The van der Waals surface area contributed by atoms with Crippen molar-refractivity contribution >= 4 is 15.9 Å². The number of aromatic nitrogens is 1. The van der Waals surface area contributed by atoms with E-state index in [2.05, 4.69) is 4.98 Å². The number of piperidine rings is 1. The predicted octanol–water partition coefficient (Wildman–Crippen LogP) is 1.98. The fraction of sp³-hybridized carbons (Fsp3) is 0.684. The Kier molecular flexibility index (Phi) is 7.63. The minimum Gasteiger partial charge on any atom is -0.492 e. The van der Waals surface area contributed by atoms with E-state index in [4.69, 9.17) is 14.7 Å². The normalized spacial score (nSPS) is 20.6. The molecule has 2 N–H and O–H groups in total. The Morgan fingerprint density at radius 3 is 2.47 bits per heavy atom. The van der Waals surface area contributed by atoms with Crippen LogP contribution in [-0.2, 0) is 19.6 Å². The molecule has 32 heavy (non-hydrogen) atoms. The van der Waals surface area contributed by atoms with Gasteiger partial charge >= 0.3 is 6.18 Å². The molecule has 0 atom stereocenters. The van der Waals surface area contributed by atoms with E-state index in [9.17, 15) is 26.4 Å². The van der Waals surface area contributed by atoms with Crippen LogP contribution in [0.15, 0.2) is 18.3 Å². The number of nitrogens with zero attached hydrogens (tertiary/aromatic N) is 2. The van der Waals surface area contributed by atoms with Gasteiger partial charge in [-0.1, -0.05) is 0 Å². The molecule has 3 heterocycles. The molecule has 2 saturated heterocycles. The average Bonchev–Trinajstić information content (AvgIpc) is 2.78. The fourth-order valence-electron chi connectivity index (χ4n) is 4.05. The van der Waals surface area contributed by atoms with Crippen LogP contribution >= 0.6 is 0 Å². The maximum atomic E-state index is 13.3. The Hall–Kier alpha value is -1.96. The van der Waals surface area contributed by atoms with Gasteiger partial charge in [0.25, 0.3) is 5.91 Å². The lowest BCUT2D eigenvalue weighted by Gasteiger charge is -2.40. The first-order chi connectivity index (χ1) is 15.1. The lowest BCUT2D eigenvalue weighted by molar-refractivity contribution is -0.139. The summed E-state index contributed by atoms with van der Waals surface area (Å²) in [6, 6.07) is 3.21. The molecular weight excluding hydrogens is 455 g/mol. The molecule has 180 valence electrons. The first kappa shape index (κ1) is 24.7. The zero-order valence-electron chi connectivity index (χ0n) is 17.3. The highest BCUT2D eigenvalue weighted by molar-refractivity contribution is 7.91. The highest BCUT2D eigenvalue weighted by Crippen LogP contribution is 2.36. The SMILES string of the molecule is O=C(NO)C1(S(=O)(=O)N2CCC(c3ccc(OCCC(F)(F)F)cn3)CC2)CCOCC1. The van der Waals surface area contributed by atoms with Crippen molar-refractivity contribution < 1.29 is 41.1 Å².